The van der Waals surface area contributed by atoms with Crippen LogP contribution in [0.25, 0.3) is 16.7 Å². The molecule has 5 heterocycles. The molecule has 3 aromatic carbocycles. The first-order chi connectivity index (χ1) is 31.8. The number of nitrogens with zero attached hydrogens (tertiary/aromatic N) is 2. The zero-order valence-corrected chi connectivity index (χ0v) is 42.4. The van der Waals surface area contributed by atoms with Crippen LogP contribution in [0.2, 0.25) is 0 Å². The lowest BCUT2D eigenvalue weighted by Gasteiger charge is -2.40. The number of benzene rings is 3. The topological polar surface area (TPSA) is 28.5 Å². The molecule has 2 saturated carbocycles. The first kappa shape index (κ1) is 44.1. The fourth-order valence-electron chi connectivity index (χ4n) is 11.9. The van der Waals surface area contributed by atoms with E-state index in [1.54, 1.807) is 11.1 Å². The van der Waals surface area contributed by atoms with Gasteiger partial charge in [0, 0.05) is 48.4 Å². The Morgan fingerprint density at radius 3 is 1.97 bits per heavy atom. The molecule has 0 radical (unpaired) electrons. The Morgan fingerprint density at radius 2 is 1.35 bits per heavy atom. The van der Waals surface area contributed by atoms with Gasteiger partial charge in [-0.3, -0.25) is 0 Å². The summed E-state index contributed by atoms with van der Waals surface area (Å²) in [6.07, 6.45) is 32.4. The molecule has 2 fully saturated rings. The second kappa shape index (κ2) is 17.2. The van der Waals surface area contributed by atoms with Crippen LogP contribution in [-0.2, 0) is 25.7 Å². The standard InChI is InChI=1S/C61H71BrN2O2/c1-38(60(2,3)4)31-43(53-36-46-16-10-28-64-30-12-18-51(57(46)64)59(53)66-62)25-23-41-13-8-14-42(55(41)49-33-47(39-19-20-39)32-48(34-49)40-21-22-40)24-26-44-37-54(61(5,6)7)65-58-50-17-11-29-63-27-9-15-45(56(50)63)35-52(44)58/h23-26,31-37,39-40H,1,8-22,27-30H2,2-7H3/p+1/b25-23+,42-24+,43-31-,44-26+. The molecule has 8 aliphatic rings. The molecule has 0 spiro atoms. The minimum atomic E-state index is -0.113. The summed E-state index contributed by atoms with van der Waals surface area (Å²) >= 11 is 3.67. The van der Waals surface area contributed by atoms with Crippen LogP contribution in [0.3, 0.4) is 0 Å². The second-order valence-electron chi connectivity index (χ2n) is 23.0. The van der Waals surface area contributed by atoms with Crippen molar-refractivity contribution in [1.82, 2.24) is 0 Å². The Morgan fingerprint density at radius 1 is 0.727 bits per heavy atom. The van der Waals surface area contributed by atoms with Crippen molar-refractivity contribution >= 4 is 44.4 Å². The van der Waals surface area contributed by atoms with Crippen LogP contribution in [-0.4, -0.2) is 30.0 Å². The summed E-state index contributed by atoms with van der Waals surface area (Å²) < 4.78 is 11.9. The summed E-state index contributed by atoms with van der Waals surface area (Å²) in [6, 6.07) is 12.7. The minimum absolute atomic E-state index is 0.0638. The van der Waals surface area contributed by atoms with E-state index in [2.05, 4.69) is 141 Å². The van der Waals surface area contributed by atoms with Gasteiger partial charge < -0.3 is 18.4 Å². The number of ether oxygens (including phenoxy) is 1. The van der Waals surface area contributed by atoms with Gasteiger partial charge >= 0.3 is 16.3 Å². The molecule has 0 saturated heterocycles. The van der Waals surface area contributed by atoms with Gasteiger partial charge in [-0.15, -0.1) is 0 Å². The highest BCUT2D eigenvalue weighted by Gasteiger charge is 2.36. The predicted molar refractivity (Wildman–Crippen MR) is 282 cm³/mol. The average molecular weight is 945 g/mol. The predicted octanol–water partition coefficient (Wildman–Crippen LogP) is 15.9. The van der Waals surface area contributed by atoms with E-state index in [0.717, 1.165) is 94.0 Å². The Balaban J connectivity index is 1.08. The molecular formula is C61H72BrN2O2+. The highest BCUT2D eigenvalue weighted by Crippen LogP contribution is 2.52. The Hall–Kier alpha value is -4.48. The summed E-state index contributed by atoms with van der Waals surface area (Å²) in [7, 11) is 0. The molecule has 66 heavy (non-hydrogen) atoms. The lowest BCUT2D eigenvalue weighted by Crippen LogP contribution is -2.35. The fraction of sp³-hybridized carbons (Fsp3) is 0.475. The third-order valence-corrected chi connectivity index (χ3v) is 16.4. The summed E-state index contributed by atoms with van der Waals surface area (Å²) in [4.78, 5) is 5.27. The van der Waals surface area contributed by atoms with Crippen molar-refractivity contribution in [2.45, 2.75) is 150 Å². The van der Waals surface area contributed by atoms with Crippen molar-refractivity contribution < 1.29 is 8.57 Å². The SMILES string of the molecule is C=C(/C=C(/C=C/C1=C(c2cc(C3CC3)cc(C3CC3)c2)C(=C/C=C2\C=C(C(C)(C)C)Oc3c2cc2c4c3CCCN4CCC2)/CCC1)c1cc2c3c(c1[OH+]Br)CCCN3CCC2)C(C)(C)C. The Bertz CT molecular complexity index is 2660. The van der Waals surface area contributed by atoms with E-state index < -0.39 is 0 Å². The quantitative estimate of drug-likeness (QED) is 0.158. The third-order valence-electron chi connectivity index (χ3n) is 16.0. The van der Waals surface area contributed by atoms with Crippen molar-refractivity contribution in [1.29, 1.82) is 0 Å². The molecule has 0 atom stereocenters. The van der Waals surface area contributed by atoms with Crippen LogP contribution in [0.4, 0.5) is 11.4 Å². The van der Waals surface area contributed by atoms with E-state index in [1.807, 2.05) is 0 Å². The largest absolute Gasteiger partial charge is 0.509 e. The van der Waals surface area contributed by atoms with Gasteiger partial charge in [-0.25, -0.2) is 0 Å². The van der Waals surface area contributed by atoms with Crippen molar-refractivity contribution in [3.05, 3.63) is 146 Å². The van der Waals surface area contributed by atoms with E-state index in [9.17, 15) is 0 Å². The van der Waals surface area contributed by atoms with Gasteiger partial charge in [-0.05, 0) is 193 Å². The van der Waals surface area contributed by atoms with Gasteiger partial charge in [0.2, 0.25) is 0 Å². The number of hydrogen-bond donors (Lipinski definition) is 0. The van der Waals surface area contributed by atoms with Crippen LogP contribution < -0.4 is 14.5 Å². The number of aromatic hydroxyl groups is 1. The molecule has 0 amide bonds. The van der Waals surface area contributed by atoms with Crippen LogP contribution >= 0.6 is 16.3 Å². The molecule has 344 valence electrons. The minimum Gasteiger partial charge on any atom is -0.509 e. The maximum absolute atomic E-state index is 7.02. The van der Waals surface area contributed by atoms with E-state index in [4.69, 9.17) is 8.57 Å². The third kappa shape index (κ3) is 8.43. The molecule has 0 aromatic heterocycles. The molecule has 1 N–H and O–H groups in total. The van der Waals surface area contributed by atoms with Gasteiger partial charge in [0.25, 0.3) is 5.75 Å². The number of fused-ring (bicyclic) bond motifs is 2. The Labute approximate surface area is 404 Å². The number of aryl methyl sites for hydroxylation is 2. The molecule has 4 nitrogen and oxygen atoms in total. The van der Waals surface area contributed by atoms with Gasteiger partial charge in [0.15, 0.2) is 0 Å². The number of rotatable bonds is 9. The molecule has 5 heteroatoms. The molecule has 3 aromatic rings. The van der Waals surface area contributed by atoms with Gasteiger partial charge in [-0.1, -0.05) is 96.7 Å². The summed E-state index contributed by atoms with van der Waals surface area (Å²) in [5.41, 5.74) is 23.6. The number of anilines is 2. The second-order valence-corrected chi connectivity index (χ2v) is 23.4. The van der Waals surface area contributed by atoms with Crippen LogP contribution in [0, 0.1) is 10.8 Å². The zero-order chi connectivity index (χ0) is 45.5. The number of hydrogen-bond acceptors (Lipinski definition) is 3. The van der Waals surface area contributed by atoms with Crippen molar-refractivity contribution in [2.24, 2.45) is 10.8 Å². The monoisotopic (exact) mass is 943 g/mol. The maximum Gasteiger partial charge on any atom is 0.442 e. The van der Waals surface area contributed by atoms with Crippen LogP contribution in [0.15, 0.2) is 95.8 Å². The smallest absolute Gasteiger partial charge is 0.442 e. The van der Waals surface area contributed by atoms with Crippen molar-refractivity contribution in [3.8, 4) is 11.5 Å². The molecule has 0 bridgehead atoms. The van der Waals surface area contributed by atoms with Gasteiger partial charge in [0.1, 0.15) is 11.5 Å². The van der Waals surface area contributed by atoms with E-state index >= 15 is 0 Å². The summed E-state index contributed by atoms with van der Waals surface area (Å²) in [5.74, 6) is 4.67. The van der Waals surface area contributed by atoms with E-state index in [0.29, 0.717) is 11.8 Å². The maximum atomic E-state index is 7.02. The lowest BCUT2D eigenvalue weighted by atomic mass is 9.80. The lowest BCUT2D eigenvalue weighted by molar-refractivity contribution is 0.288. The highest BCUT2D eigenvalue weighted by molar-refractivity contribution is 9.05. The van der Waals surface area contributed by atoms with E-state index in [-0.39, 0.29) is 10.8 Å². The average Bonchev–Trinajstić information content (AvgIpc) is 4.24. The normalized spacial score (nSPS) is 22.0. The zero-order valence-electron chi connectivity index (χ0n) is 40.8. The molecular weight excluding hydrogens is 873 g/mol. The van der Waals surface area contributed by atoms with Gasteiger partial charge in [-0.2, -0.15) is 0 Å². The fourth-order valence-corrected chi connectivity index (χ4v) is 12.3. The van der Waals surface area contributed by atoms with Crippen LogP contribution in [0.1, 0.15) is 174 Å². The highest BCUT2D eigenvalue weighted by atomic mass is 79.9. The van der Waals surface area contributed by atoms with Crippen molar-refractivity contribution in [3.63, 3.8) is 0 Å². The number of halogens is 1. The van der Waals surface area contributed by atoms with Crippen LogP contribution in [0.5, 0.6) is 11.5 Å². The first-order valence-electron chi connectivity index (χ1n) is 25.8. The van der Waals surface area contributed by atoms with Gasteiger partial charge in [0.05, 0.1) is 16.8 Å². The molecule has 11 rings (SSSR count). The summed E-state index contributed by atoms with van der Waals surface area (Å²) in [6.45, 7) is 23.0. The Kier molecular flexibility index (Phi) is 11.5. The molecule has 0 unspecified atom stereocenters. The molecule has 3 aliphatic carbocycles. The number of allylic oxidation sites excluding steroid dienone is 13. The van der Waals surface area contributed by atoms with E-state index in [1.165, 1.54) is 130 Å². The first-order valence-corrected chi connectivity index (χ1v) is 26.5. The summed E-state index contributed by atoms with van der Waals surface area (Å²) in [5, 5.41) is 0. The molecule has 5 aliphatic heterocycles. The van der Waals surface area contributed by atoms with Crippen molar-refractivity contribution in [2.75, 3.05) is 36.0 Å².